The van der Waals surface area contributed by atoms with Crippen molar-refractivity contribution in [3.63, 3.8) is 0 Å². The van der Waals surface area contributed by atoms with E-state index >= 15 is 0 Å². The van der Waals surface area contributed by atoms with Gasteiger partial charge in [-0.2, -0.15) is 5.10 Å². The predicted molar refractivity (Wildman–Crippen MR) is 90.0 cm³/mol. The molecule has 2 aromatic heterocycles. The molecule has 1 fully saturated rings. The van der Waals surface area contributed by atoms with Crippen LogP contribution in [0.2, 0.25) is 0 Å². The van der Waals surface area contributed by atoms with Gasteiger partial charge in [0.15, 0.2) is 5.65 Å². The van der Waals surface area contributed by atoms with Crippen LogP contribution in [0, 0.1) is 0 Å². The maximum absolute atomic E-state index is 4.76. The van der Waals surface area contributed by atoms with Crippen molar-refractivity contribution in [2.24, 2.45) is 7.05 Å². The zero-order valence-electron chi connectivity index (χ0n) is 12.9. The largest absolute Gasteiger partial charge is 0.371 e. The second kappa shape index (κ2) is 5.44. The van der Waals surface area contributed by atoms with Crippen molar-refractivity contribution in [2.75, 3.05) is 18.0 Å². The van der Waals surface area contributed by atoms with Crippen LogP contribution in [-0.4, -0.2) is 27.9 Å². The highest BCUT2D eigenvalue weighted by Gasteiger charge is 2.17. The lowest BCUT2D eigenvalue weighted by Crippen LogP contribution is -2.29. The lowest BCUT2D eigenvalue weighted by Gasteiger charge is -2.29. The summed E-state index contributed by atoms with van der Waals surface area (Å²) in [5.74, 6) is 0. The molecule has 112 valence electrons. The predicted octanol–water partition coefficient (Wildman–Crippen LogP) is 3.63. The molecule has 4 rings (SSSR count). The molecule has 1 aliphatic heterocycles. The van der Waals surface area contributed by atoms with Crippen LogP contribution >= 0.6 is 0 Å². The van der Waals surface area contributed by atoms with Crippen molar-refractivity contribution >= 4 is 16.7 Å². The molecule has 3 aromatic rings. The van der Waals surface area contributed by atoms with Crippen LogP contribution < -0.4 is 4.90 Å². The van der Waals surface area contributed by atoms with E-state index in [1.54, 1.807) is 0 Å². The van der Waals surface area contributed by atoms with E-state index in [0.717, 1.165) is 35.4 Å². The molecule has 0 radical (unpaired) electrons. The smallest absolute Gasteiger partial charge is 0.183 e. The third-order valence-electron chi connectivity index (χ3n) is 4.35. The van der Waals surface area contributed by atoms with Crippen LogP contribution in [0.3, 0.4) is 0 Å². The Morgan fingerprint density at radius 3 is 2.55 bits per heavy atom. The third kappa shape index (κ3) is 2.34. The molecule has 0 N–H and O–H groups in total. The Hall–Kier alpha value is -2.36. The Bertz CT molecular complexity index is 785. The van der Waals surface area contributed by atoms with E-state index < -0.39 is 0 Å². The fraction of sp³-hybridized carbons (Fsp3) is 0.333. The SMILES string of the molecule is Cn1cc2c(N3CCCCC3)cc(-c3ccccc3)nc2n1. The number of piperidine rings is 1. The molecule has 4 heteroatoms. The van der Waals surface area contributed by atoms with Gasteiger partial charge in [-0.3, -0.25) is 4.68 Å². The molecular formula is C18H20N4. The molecule has 4 nitrogen and oxygen atoms in total. The lowest BCUT2D eigenvalue weighted by atomic mass is 10.1. The van der Waals surface area contributed by atoms with E-state index in [9.17, 15) is 0 Å². The summed E-state index contributed by atoms with van der Waals surface area (Å²) in [7, 11) is 1.96. The molecular weight excluding hydrogens is 272 g/mol. The molecule has 0 amide bonds. The summed E-state index contributed by atoms with van der Waals surface area (Å²) in [6.07, 6.45) is 5.96. The summed E-state index contributed by atoms with van der Waals surface area (Å²) >= 11 is 0. The highest BCUT2D eigenvalue weighted by Crippen LogP contribution is 2.31. The van der Waals surface area contributed by atoms with Crippen molar-refractivity contribution in [2.45, 2.75) is 19.3 Å². The van der Waals surface area contributed by atoms with Gasteiger partial charge in [0, 0.05) is 31.9 Å². The Labute approximate surface area is 130 Å². The quantitative estimate of drug-likeness (QED) is 0.723. The summed E-state index contributed by atoms with van der Waals surface area (Å²) in [6.45, 7) is 2.25. The van der Waals surface area contributed by atoms with Crippen LogP contribution in [0.5, 0.6) is 0 Å². The summed E-state index contributed by atoms with van der Waals surface area (Å²) in [4.78, 5) is 7.25. The molecule has 1 aromatic carbocycles. The first-order valence-electron chi connectivity index (χ1n) is 7.96. The second-order valence-corrected chi connectivity index (χ2v) is 5.98. The minimum absolute atomic E-state index is 0.837. The van der Waals surface area contributed by atoms with E-state index in [-0.39, 0.29) is 0 Å². The van der Waals surface area contributed by atoms with E-state index in [1.807, 2.05) is 17.8 Å². The van der Waals surface area contributed by atoms with Gasteiger partial charge in [0.1, 0.15) is 0 Å². The fourth-order valence-corrected chi connectivity index (χ4v) is 3.25. The standard InChI is InChI=1S/C18H20N4/c1-21-13-15-17(22-10-6-3-7-11-22)12-16(19-18(15)20-21)14-8-4-2-5-9-14/h2,4-5,8-9,12-13H,3,6-7,10-11H2,1H3. The second-order valence-electron chi connectivity index (χ2n) is 5.98. The van der Waals surface area contributed by atoms with Gasteiger partial charge in [-0.1, -0.05) is 30.3 Å². The Morgan fingerprint density at radius 1 is 1.00 bits per heavy atom. The Morgan fingerprint density at radius 2 is 1.77 bits per heavy atom. The van der Waals surface area contributed by atoms with Crippen molar-refractivity contribution in [1.82, 2.24) is 14.8 Å². The average molecular weight is 292 g/mol. The molecule has 0 aliphatic carbocycles. The summed E-state index contributed by atoms with van der Waals surface area (Å²) < 4.78 is 1.86. The number of nitrogens with zero attached hydrogens (tertiary/aromatic N) is 4. The average Bonchev–Trinajstić information content (AvgIpc) is 2.95. The first kappa shape index (κ1) is 13.3. The Kier molecular flexibility index (Phi) is 3.29. The highest BCUT2D eigenvalue weighted by molar-refractivity contribution is 5.92. The van der Waals surface area contributed by atoms with Crippen LogP contribution in [0.1, 0.15) is 19.3 Å². The van der Waals surface area contributed by atoms with Crippen molar-refractivity contribution in [3.8, 4) is 11.3 Å². The van der Waals surface area contributed by atoms with Crippen molar-refractivity contribution in [3.05, 3.63) is 42.6 Å². The molecule has 3 heterocycles. The van der Waals surface area contributed by atoms with E-state index in [0.29, 0.717) is 0 Å². The Balaban J connectivity index is 1.89. The number of hydrogen-bond donors (Lipinski definition) is 0. The molecule has 1 saturated heterocycles. The molecule has 22 heavy (non-hydrogen) atoms. The van der Waals surface area contributed by atoms with E-state index in [4.69, 9.17) is 4.98 Å². The van der Waals surface area contributed by atoms with Crippen LogP contribution in [0.15, 0.2) is 42.6 Å². The fourth-order valence-electron chi connectivity index (χ4n) is 3.25. The number of hydrogen-bond acceptors (Lipinski definition) is 3. The first-order chi connectivity index (χ1) is 10.8. The van der Waals surface area contributed by atoms with Crippen LogP contribution in [0.25, 0.3) is 22.3 Å². The zero-order valence-corrected chi connectivity index (χ0v) is 12.9. The van der Waals surface area contributed by atoms with Gasteiger partial charge in [-0.15, -0.1) is 0 Å². The number of rotatable bonds is 2. The number of aromatic nitrogens is 3. The topological polar surface area (TPSA) is 34.0 Å². The van der Waals surface area contributed by atoms with Crippen molar-refractivity contribution in [1.29, 1.82) is 0 Å². The number of pyridine rings is 1. The minimum atomic E-state index is 0.837. The molecule has 0 saturated carbocycles. The maximum atomic E-state index is 4.76. The minimum Gasteiger partial charge on any atom is -0.371 e. The summed E-state index contributed by atoms with van der Waals surface area (Å²) in [6, 6.07) is 12.6. The normalized spacial score (nSPS) is 15.4. The number of aryl methyl sites for hydroxylation is 1. The highest BCUT2D eigenvalue weighted by atomic mass is 15.3. The van der Waals surface area contributed by atoms with Gasteiger partial charge >= 0.3 is 0 Å². The molecule has 0 spiro atoms. The third-order valence-corrected chi connectivity index (χ3v) is 4.35. The van der Waals surface area contributed by atoms with Gasteiger partial charge in [-0.25, -0.2) is 4.98 Å². The first-order valence-corrected chi connectivity index (χ1v) is 7.96. The monoisotopic (exact) mass is 292 g/mol. The van der Waals surface area contributed by atoms with Gasteiger partial charge < -0.3 is 4.90 Å². The van der Waals surface area contributed by atoms with Gasteiger partial charge in [0.25, 0.3) is 0 Å². The van der Waals surface area contributed by atoms with Crippen molar-refractivity contribution < 1.29 is 0 Å². The van der Waals surface area contributed by atoms with E-state index in [1.165, 1.54) is 24.9 Å². The van der Waals surface area contributed by atoms with Gasteiger partial charge in [-0.05, 0) is 25.3 Å². The summed E-state index contributed by atoms with van der Waals surface area (Å²) in [5.41, 5.74) is 4.27. The number of fused-ring (bicyclic) bond motifs is 1. The molecule has 0 atom stereocenters. The maximum Gasteiger partial charge on any atom is 0.183 e. The van der Waals surface area contributed by atoms with Gasteiger partial charge in [0.2, 0.25) is 0 Å². The van der Waals surface area contributed by atoms with Crippen LogP contribution in [-0.2, 0) is 7.05 Å². The number of benzene rings is 1. The lowest BCUT2D eigenvalue weighted by molar-refractivity contribution is 0.579. The van der Waals surface area contributed by atoms with Gasteiger partial charge in [0.05, 0.1) is 16.8 Å². The van der Waals surface area contributed by atoms with E-state index in [2.05, 4.69) is 46.5 Å². The summed E-state index contributed by atoms with van der Waals surface area (Å²) in [5, 5.41) is 5.69. The molecule has 1 aliphatic rings. The molecule has 0 unspecified atom stereocenters. The molecule has 0 bridgehead atoms. The number of anilines is 1. The zero-order chi connectivity index (χ0) is 14.9. The van der Waals surface area contributed by atoms with Crippen LogP contribution in [0.4, 0.5) is 5.69 Å².